The Balaban J connectivity index is 1.28. The van der Waals surface area contributed by atoms with Gasteiger partial charge in [-0.25, -0.2) is 4.98 Å². The number of hydrogen-bond acceptors (Lipinski definition) is 5. The molecule has 1 atom stereocenters. The molecule has 0 saturated carbocycles. The molecule has 2 saturated heterocycles. The number of oxazole rings is 1. The summed E-state index contributed by atoms with van der Waals surface area (Å²) in [4.78, 5) is 9.64. The Morgan fingerprint density at radius 2 is 1.89 bits per heavy atom. The largest absolute Gasteiger partial charge is 0.492 e. The van der Waals surface area contributed by atoms with Gasteiger partial charge in [0.1, 0.15) is 18.6 Å². The van der Waals surface area contributed by atoms with Gasteiger partial charge in [-0.15, -0.1) is 0 Å². The first-order valence-corrected chi connectivity index (χ1v) is 10.4. The van der Waals surface area contributed by atoms with E-state index in [1.54, 1.807) is 6.26 Å². The van der Waals surface area contributed by atoms with E-state index in [-0.39, 0.29) is 0 Å². The number of hydrogen-bond donors (Lipinski definition) is 0. The molecule has 2 aliphatic heterocycles. The molecule has 4 rings (SSSR count). The van der Waals surface area contributed by atoms with Crippen LogP contribution in [0.2, 0.25) is 0 Å². The molecule has 0 aliphatic carbocycles. The maximum atomic E-state index is 5.91. The van der Waals surface area contributed by atoms with Crippen molar-refractivity contribution < 1.29 is 9.15 Å². The van der Waals surface area contributed by atoms with E-state index < -0.39 is 0 Å². The van der Waals surface area contributed by atoms with Crippen LogP contribution in [0, 0.1) is 0 Å². The van der Waals surface area contributed by atoms with Crippen molar-refractivity contribution in [3.8, 4) is 17.2 Å². The van der Waals surface area contributed by atoms with E-state index in [0.29, 0.717) is 11.9 Å². The molecule has 0 N–H and O–H groups in total. The second kappa shape index (κ2) is 8.89. The average molecular weight is 370 g/mol. The summed E-state index contributed by atoms with van der Waals surface area (Å²) < 4.78 is 11.6. The van der Waals surface area contributed by atoms with Crippen LogP contribution in [0.25, 0.3) is 11.5 Å². The van der Waals surface area contributed by atoms with E-state index in [1.165, 1.54) is 51.7 Å². The summed E-state index contributed by atoms with van der Waals surface area (Å²) in [5.74, 6) is 1.60. The zero-order valence-corrected chi connectivity index (χ0v) is 16.4. The Kier molecular flexibility index (Phi) is 6.10. The maximum absolute atomic E-state index is 5.91. The predicted molar refractivity (Wildman–Crippen MR) is 107 cm³/mol. The van der Waals surface area contributed by atoms with Crippen molar-refractivity contribution in [3.63, 3.8) is 0 Å². The fourth-order valence-corrected chi connectivity index (χ4v) is 4.16. The first-order valence-electron chi connectivity index (χ1n) is 10.4. The van der Waals surface area contributed by atoms with Crippen LogP contribution in [0.3, 0.4) is 0 Å². The molecule has 1 unspecified atom stereocenters. The Morgan fingerprint density at radius 1 is 1.07 bits per heavy atom. The van der Waals surface area contributed by atoms with E-state index in [2.05, 4.69) is 21.7 Å². The van der Waals surface area contributed by atoms with Crippen molar-refractivity contribution in [2.24, 2.45) is 0 Å². The maximum Gasteiger partial charge on any atom is 0.226 e. The lowest BCUT2D eigenvalue weighted by Gasteiger charge is -2.25. The zero-order chi connectivity index (χ0) is 18.5. The van der Waals surface area contributed by atoms with Gasteiger partial charge in [-0.05, 0) is 76.5 Å². The monoisotopic (exact) mass is 369 g/mol. The number of rotatable bonds is 7. The summed E-state index contributed by atoms with van der Waals surface area (Å²) in [7, 11) is 0. The standard InChI is InChI=1S/C22H31N3O2/c1-18-6-5-13-25(18)14-15-26-21-9-7-19(8-10-21)22-23-20(17-27-22)16-24-11-3-2-4-12-24/h7-10,17-18H,2-6,11-16H2,1H3. The Morgan fingerprint density at radius 3 is 2.63 bits per heavy atom. The summed E-state index contributed by atoms with van der Waals surface area (Å²) >= 11 is 0. The quantitative estimate of drug-likeness (QED) is 0.732. The Bertz CT molecular complexity index is 707. The van der Waals surface area contributed by atoms with Gasteiger partial charge in [0.2, 0.25) is 5.89 Å². The molecule has 0 spiro atoms. The SMILES string of the molecule is CC1CCCN1CCOc1ccc(-c2nc(CN3CCCCC3)co2)cc1. The lowest BCUT2D eigenvalue weighted by Crippen LogP contribution is -2.31. The number of likely N-dealkylation sites (tertiary alicyclic amines) is 2. The third-order valence-corrected chi connectivity index (χ3v) is 5.83. The van der Waals surface area contributed by atoms with Gasteiger partial charge in [-0.2, -0.15) is 0 Å². The van der Waals surface area contributed by atoms with Crippen molar-refractivity contribution in [2.45, 2.75) is 51.6 Å². The van der Waals surface area contributed by atoms with Gasteiger partial charge in [0.05, 0.1) is 5.69 Å². The van der Waals surface area contributed by atoms with Gasteiger partial charge in [-0.1, -0.05) is 6.42 Å². The first kappa shape index (κ1) is 18.5. The van der Waals surface area contributed by atoms with Gasteiger partial charge in [0.15, 0.2) is 0 Å². The molecular formula is C22H31N3O2. The zero-order valence-electron chi connectivity index (χ0n) is 16.4. The molecule has 146 valence electrons. The van der Waals surface area contributed by atoms with Gasteiger partial charge < -0.3 is 9.15 Å². The number of ether oxygens (including phenoxy) is 1. The third kappa shape index (κ3) is 4.90. The van der Waals surface area contributed by atoms with Crippen molar-refractivity contribution in [3.05, 3.63) is 36.2 Å². The smallest absolute Gasteiger partial charge is 0.226 e. The van der Waals surface area contributed by atoms with Crippen molar-refractivity contribution in [1.29, 1.82) is 0 Å². The Hall–Kier alpha value is -1.85. The number of benzene rings is 1. The molecule has 0 amide bonds. The summed E-state index contributed by atoms with van der Waals surface area (Å²) in [5.41, 5.74) is 2.02. The molecule has 0 radical (unpaired) electrons. The topological polar surface area (TPSA) is 41.7 Å². The van der Waals surface area contributed by atoms with E-state index >= 15 is 0 Å². The Labute approximate surface area is 162 Å². The highest BCUT2D eigenvalue weighted by Crippen LogP contribution is 2.23. The van der Waals surface area contributed by atoms with Crippen LogP contribution in [0.15, 0.2) is 34.9 Å². The third-order valence-electron chi connectivity index (χ3n) is 5.83. The fraction of sp³-hybridized carbons (Fsp3) is 0.591. The fourth-order valence-electron chi connectivity index (χ4n) is 4.16. The second-order valence-electron chi connectivity index (χ2n) is 7.88. The lowest BCUT2D eigenvalue weighted by atomic mass is 10.1. The minimum Gasteiger partial charge on any atom is -0.492 e. The van der Waals surface area contributed by atoms with Crippen LogP contribution in [0.4, 0.5) is 0 Å². The normalized spacial score (nSPS) is 21.6. The molecule has 1 aromatic heterocycles. The minimum absolute atomic E-state index is 0.694. The van der Waals surface area contributed by atoms with Crippen molar-refractivity contribution >= 4 is 0 Å². The van der Waals surface area contributed by atoms with Crippen LogP contribution in [0.5, 0.6) is 5.75 Å². The molecule has 5 heteroatoms. The molecule has 1 aromatic carbocycles. The van der Waals surface area contributed by atoms with Crippen LogP contribution in [0.1, 0.15) is 44.7 Å². The summed E-state index contributed by atoms with van der Waals surface area (Å²) in [6, 6.07) is 8.78. The predicted octanol–water partition coefficient (Wildman–Crippen LogP) is 4.19. The molecule has 2 aromatic rings. The highest BCUT2D eigenvalue weighted by atomic mass is 16.5. The van der Waals surface area contributed by atoms with Gasteiger partial charge in [0.25, 0.3) is 0 Å². The highest BCUT2D eigenvalue weighted by Gasteiger charge is 2.19. The molecule has 3 heterocycles. The highest BCUT2D eigenvalue weighted by molar-refractivity contribution is 5.54. The van der Waals surface area contributed by atoms with Crippen LogP contribution in [-0.2, 0) is 6.54 Å². The van der Waals surface area contributed by atoms with Gasteiger partial charge >= 0.3 is 0 Å². The lowest BCUT2D eigenvalue weighted by molar-refractivity contribution is 0.204. The molecule has 2 fully saturated rings. The van der Waals surface area contributed by atoms with Crippen molar-refractivity contribution in [1.82, 2.24) is 14.8 Å². The summed E-state index contributed by atoms with van der Waals surface area (Å²) in [6.45, 7) is 8.48. The van der Waals surface area contributed by atoms with Crippen molar-refractivity contribution in [2.75, 3.05) is 32.8 Å². The second-order valence-corrected chi connectivity index (χ2v) is 7.88. The van der Waals surface area contributed by atoms with Crippen LogP contribution >= 0.6 is 0 Å². The van der Waals surface area contributed by atoms with E-state index in [0.717, 1.165) is 36.7 Å². The molecule has 0 bridgehead atoms. The number of aromatic nitrogens is 1. The average Bonchev–Trinajstić information content (AvgIpc) is 3.33. The number of piperidine rings is 1. The first-order chi connectivity index (χ1) is 13.3. The molecule has 27 heavy (non-hydrogen) atoms. The van der Waals surface area contributed by atoms with E-state index in [4.69, 9.17) is 9.15 Å². The summed E-state index contributed by atoms with van der Waals surface area (Å²) in [6.07, 6.45) is 8.36. The van der Waals surface area contributed by atoms with E-state index in [9.17, 15) is 0 Å². The number of nitrogens with zero attached hydrogens (tertiary/aromatic N) is 3. The minimum atomic E-state index is 0.694. The van der Waals surface area contributed by atoms with Crippen LogP contribution in [-0.4, -0.2) is 53.6 Å². The summed E-state index contributed by atoms with van der Waals surface area (Å²) in [5, 5.41) is 0. The molecule has 5 nitrogen and oxygen atoms in total. The van der Waals surface area contributed by atoms with E-state index in [1.807, 2.05) is 24.3 Å². The van der Waals surface area contributed by atoms with Gasteiger partial charge in [0, 0.05) is 24.7 Å². The van der Waals surface area contributed by atoms with Gasteiger partial charge in [-0.3, -0.25) is 9.80 Å². The molecular weight excluding hydrogens is 338 g/mol. The van der Waals surface area contributed by atoms with Crippen LogP contribution < -0.4 is 4.74 Å². The molecule has 2 aliphatic rings.